The van der Waals surface area contributed by atoms with E-state index in [1.807, 2.05) is 30.3 Å². The number of alkyl halides is 1. The zero-order valence-corrected chi connectivity index (χ0v) is 25.8. The van der Waals surface area contributed by atoms with Gasteiger partial charge in [-0.2, -0.15) is 0 Å². The Labute approximate surface area is 258 Å². The second-order valence-corrected chi connectivity index (χ2v) is 10.8. The lowest BCUT2D eigenvalue weighted by Gasteiger charge is -2.49. The number of alkyl carbamates (subject to hydrolysis) is 1. The fourth-order valence-electron chi connectivity index (χ4n) is 4.74. The van der Waals surface area contributed by atoms with E-state index in [0.717, 1.165) is 33.3 Å². The Morgan fingerprint density at radius 1 is 0.978 bits per heavy atom. The van der Waals surface area contributed by atoms with Crippen molar-refractivity contribution < 1.29 is 56.8 Å². The van der Waals surface area contributed by atoms with Gasteiger partial charge in [0.15, 0.2) is 24.5 Å². The maximum absolute atomic E-state index is 15.8. The van der Waals surface area contributed by atoms with E-state index in [-0.39, 0.29) is 6.61 Å². The van der Waals surface area contributed by atoms with Crippen LogP contribution < -0.4 is 5.32 Å². The van der Waals surface area contributed by atoms with Gasteiger partial charge in [-0.1, -0.05) is 35.5 Å². The standard InChI is InChI=1S/C29H37FN4O11/c1-16(35)40-15-22(42-17(2)36)24(43-18(3)37)25-23(26(44-19(4)38)27(30)29(5,6)45-25)31-28(39)41-14-21-13-34(33-32-21)12-20-10-8-7-9-11-20/h7-11,13,22-27H,12,14-15H2,1-6H3,(H,31,39)/t22-,23?,24-,25?,26?,27?/m1/s1. The molecule has 0 radical (unpaired) electrons. The smallest absolute Gasteiger partial charge is 0.407 e. The van der Waals surface area contributed by atoms with Gasteiger partial charge in [-0.3, -0.25) is 19.2 Å². The Hall–Kier alpha value is -4.60. The van der Waals surface area contributed by atoms with E-state index < -0.39 is 78.8 Å². The minimum atomic E-state index is -2.00. The van der Waals surface area contributed by atoms with Crippen LogP contribution in [0.5, 0.6) is 0 Å². The summed E-state index contributed by atoms with van der Waals surface area (Å²) < 4.78 is 49.7. The first-order valence-corrected chi connectivity index (χ1v) is 14.0. The summed E-state index contributed by atoms with van der Waals surface area (Å²) in [5.74, 6) is -3.31. The topological polar surface area (TPSA) is 183 Å². The highest BCUT2D eigenvalue weighted by atomic mass is 19.1. The van der Waals surface area contributed by atoms with Crippen molar-refractivity contribution in [2.24, 2.45) is 0 Å². The normalized spacial score (nSPS) is 21.8. The fourth-order valence-corrected chi connectivity index (χ4v) is 4.74. The number of benzene rings is 1. The molecular formula is C29H37FN4O11. The molecule has 1 fully saturated rings. The molecule has 0 spiro atoms. The van der Waals surface area contributed by atoms with Crippen LogP contribution in [-0.2, 0) is 60.8 Å². The molecule has 15 nitrogen and oxygen atoms in total. The molecule has 0 saturated carbocycles. The van der Waals surface area contributed by atoms with E-state index in [1.165, 1.54) is 13.8 Å². The number of nitrogens with one attached hydrogen (secondary N) is 1. The van der Waals surface area contributed by atoms with Crippen LogP contribution >= 0.6 is 0 Å². The van der Waals surface area contributed by atoms with Crippen molar-refractivity contribution in [2.45, 2.75) is 96.9 Å². The summed E-state index contributed by atoms with van der Waals surface area (Å²) in [6, 6.07) is 7.91. The van der Waals surface area contributed by atoms with Gasteiger partial charge >= 0.3 is 30.0 Å². The van der Waals surface area contributed by atoms with Gasteiger partial charge in [0.25, 0.3) is 0 Å². The van der Waals surface area contributed by atoms with Crippen LogP contribution in [0, 0.1) is 0 Å². The lowest BCUT2D eigenvalue weighted by atomic mass is 9.83. The maximum atomic E-state index is 15.8. The van der Waals surface area contributed by atoms with Crippen LogP contribution in [0.25, 0.3) is 0 Å². The molecule has 3 rings (SSSR count). The van der Waals surface area contributed by atoms with Crippen molar-refractivity contribution in [1.29, 1.82) is 0 Å². The van der Waals surface area contributed by atoms with Crippen molar-refractivity contribution in [3.8, 4) is 0 Å². The third kappa shape index (κ3) is 10.2. The summed E-state index contributed by atoms with van der Waals surface area (Å²) >= 11 is 0. The molecular weight excluding hydrogens is 599 g/mol. The number of hydrogen-bond acceptors (Lipinski definition) is 13. The zero-order valence-electron chi connectivity index (χ0n) is 25.8. The molecule has 1 amide bonds. The number of carbonyl (C=O) groups is 5. The quantitative estimate of drug-likeness (QED) is 0.263. The molecule has 1 saturated heterocycles. The average molecular weight is 637 g/mol. The molecule has 16 heteroatoms. The van der Waals surface area contributed by atoms with Gasteiger partial charge in [-0.15, -0.1) is 5.10 Å². The van der Waals surface area contributed by atoms with Crippen LogP contribution in [0.15, 0.2) is 36.5 Å². The molecule has 1 aliphatic heterocycles. The van der Waals surface area contributed by atoms with E-state index in [2.05, 4.69) is 15.6 Å². The van der Waals surface area contributed by atoms with Crippen molar-refractivity contribution in [1.82, 2.24) is 20.3 Å². The monoisotopic (exact) mass is 636 g/mol. The van der Waals surface area contributed by atoms with E-state index in [9.17, 15) is 24.0 Å². The third-order valence-electron chi connectivity index (χ3n) is 6.57. The summed E-state index contributed by atoms with van der Waals surface area (Å²) in [5.41, 5.74) is -0.406. The first-order chi connectivity index (χ1) is 21.2. The number of nitrogens with zero attached hydrogens (tertiary/aromatic N) is 3. The number of aromatic nitrogens is 3. The Kier molecular flexibility index (Phi) is 11.9. The SMILES string of the molecule is CC(=O)OC[C@@H](OC(C)=O)[C@@H](OC(C)=O)C1OC(C)(C)C(F)C(OC(C)=O)C1NC(=O)OCc1cn(Cc2ccccc2)nn1. The van der Waals surface area contributed by atoms with Gasteiger partial charge in [-0.25, -0.2) is 13.9 Å². The van der Waals surface area contributed by atoms with Crippen LogP contribution in [0.4, 0.5) is 9.18 Å². The average Bonchev–Trinajstić information content (AvgIpc) is 3.40. The molecule has 0 aliphatic carbocycles. The first kappa shape index (κ1) is 34.9. The summed E-state index contributed by atoms with van der Waals surface area (Å²) in [6.07, 6.45) is -7.77. The second-order valence-electron chi connectivity index (χ2n) is 10.8. The number of halogens is 1. The number of amides is 1. The van der Waals surface area contributed by atoms with E-state index in [0.29, 0.717) is 12.2 Å². The molecule has 4 unspecified atom stereocenters. The van der Waals surface area contributed by atoms with Crippen LogP contribution in [0.2, 0.25) is 0 Å². The van der Waals surface area contributed by atoms with Crippen LogP contribution in [-0.4, -0.2) is 93.8 Å². The van der Waals surface area contributed by atoms with Gasteiger partial charge in [0, 0.05) is 27.7 Å². The molecule has 2 aromatic rings. The molecule has 1 aromatic carbocycles. The largest absolute Gasteiger partial charge is 0.462 e. The minimum Gasteiger partial charge on any atom is -0.462 e. The number of ether oxygens (including phenoxy) is 6. The van der Waals surface area contributed by atoms with E-state index in [4.69, 9.17) is 28.4 Å². The minimum absolute atomic E-state index is 0.299. The summed E-state index contributed by atoms with van der Waals surface area (Å²) in [5, 5.41) is 10.4. The maximum Gasteiger partial charge on any atom is 0.407 e. The number of carbonyl (C=O) groups excluding carboxylic acids is 5. The van der Waals surface area contributed by atoms with Gasteiger partial charge in [-0.05, 0) is 19.4 Å². The van der Waals surface area contributed by atoms with E-state index >= 15 is 4.39 Å². The Balaban J connectivity index is 1.89. The molecule has 246 valence electrons. The molecule has 1 aliphatic rings. The summed E-state index contributed by atoms with van der Waals surface area (Å²) in [4.78, 5) is 60.9. The Bertz CT molecular complexity index is 1350. The van der Waals surface area contributed by atoms with Crippen molar-refractivity contribution in [2.75, 3.05) is 6.61 Å². The Morgan fingerprint density at radius 3 is 2.24 bits per heavy atom. The van der Waals surface area contributed by atoms with Gasteiger partial charge < -0.3 is 33.7 Å². The predicted molar refractivity (Wildman–Crippen MR) is 150 cm³/mol. The number of hydrogen-bond donors (Lipinski definition) is 1. The molecule has 6 atom stereocenters. The molecule has 0 bridgehead atoms. The lowest BCUT2D eigenvalue weighted by Crippen LogP contribution is -2.70. The van der Waals surface area contributed by atoms with E-state index in [1.54, 1.807) is 10.9 Å². The highest BCUT2D eigenvalue weighted by Crippen LogP contribution is 2.36. The van der Waals surface area contributed by atoms with Crippen molar-refractivity contribution in [3.05, 3.63) is 47.8 Å². The van der Waals surface area contributed by atoms with Crippen LogP contribution in [0.3, 0.4) is 0 Å². The summed E-state index contributed by atoms with van der Waals surface area (Å²) in [6.45, 7) is 6.49. The van der Waals surface area contributed by atoms with Gasteiger partial charge in [0.05, 0.1) is 18.3 Å². The lowest BCUT2D eigenvalue weighted by molar-refractivity contribution is -0.250. The highest BCUT2D eigenvalue weighted by molar-refractivity contribution is 5.70. The first-order valence-electron chi connectivity index (χ1n) is 14.0. The Morgan fingerprint density at radius 2 is 1.64 bits per heavy atom. The molecule has 1 N–H and O–H groups in total. The molecule has 2 heterocycles. The van der Waals surface area contributed by atoms with Gasteiger partial charge in [0.1, 0.15) is 31.1 Å². The van der Waals surface area contributed by atoms with Crippen molar-refractivity contribution in [3.63, 3.8) is 0 Å². The zero-order chi connectivity index (χ0) is 33.3. The number of esters is 4. The second kappa shape index (κ2) is 15.4. The molecule has 45 heavy (non-hydrogen) atoms. The summed E-state index contributed by atoms with van der Waals surface area (Å²) in [7, 11) is 0. The highest BCUT2D eigenvalue weighted by Gasteiger charge is 2.57. The van der Waals surface area contributed by atoms with Gasteiger partial charge in [0.2, 0.25) is 0 Å². The van der Waals surface area contributed by atoms with Crippen LogP contribution in [0.1, 0.15) is 52.8 Å². The van der Waals surface area contributed by atoms with Crippen molar-refractivity contribution >= 4 is 30.0 Å². The number of rotatable bonds is 12. The predicted octanol–water partition coefficient (Wildman–Crippen LogP) is 1.79. The fraction of sp³-hybridized carbons (Fsp3) is 0.552. The third-order valence-corrected chi connectivity index (χ3v) is 6.57. The molecule has 1 aromatic heterocycles.